The maximum Gasteiger partial charge on any atom is 0.339 e. The summed E-state index contributed by atoms with van der Waals surface area (Å²) in [7, 11) is -3.98. The summed E-state index contributed by atoms with van der Waals surface area (Å²) in [5.41, 5.74) is 4.06. The van der Waals surface area contributed by atoms with Gasteiger partial charge in [-0.25, -0.2) is 0 Å². The summed E-state index contributed by atoms with van der Waals surface area (Å²) in [6, 6.07) is 15.7. The Labute approximate surface area is 200 Å². The molecule has 0 aliphatic rings. The van der Waals surface area contributed by atoms with Gasteiger partial charge >= 0.3 is 10.1 Å². The van der Waals surface area contributed by atoms with Crippen LogP contribution in [0.3, 0.4) is 0 Å². The van der Waals surface area contributed by atoms with Crippen molar-refractivity contribution in [3.63, 3.8) is 0 Å². The minimum Gasteiger partial charge on any atom is -0.378 e. The minimum atomic E-state index is -3.98. The molecule has 0 aliphatic heterocycles. The predicted molar refractivity (Wildman–Crippen MR) is 133 cm³/mol. The van der Waals surface area contributed by atoms with Crippen LogP contribution in [0.15, 0.2) is 59.5 Å². The molecule has 3 aromatic carbocycles. The molecular formula is C25H27Cl2NO3S. The Morgan fingerprint density at radius 2 is 1.41 bits per heavy atom. The number of halogens is 2. The van der Waals surface area contributed by atoms with Gasteiger partial charge < -0.3 is 9.50 Å². The molecule has 4 nitrogen and oxygen atoms in total. The van der Waals surface area contributed by atoms with Crippen molar-refractivity contribution in [2.24, 2.45) is 0 Å². The van der Waals surface area contributed by atoms with Gasteiger partial charge in [0, 0.05) is 21.8 Å². The van der Waals surface area contributed by atoms with Crippen LogP contribution >= 0.6 is 23.2 Å². The normalized spacial score (nSPS) is 11.8. The standard InChI is InChI=1S/C25H27Cl2NO3S/c1-15(2)21-13-19(28-24-11-8-18(26)12-23(24)27)14-22(16(3)4)25(21)31-32(29,30)20-9-6-17(5)7-10-20/h6-16,28H,1-5H3. The molecule has 3 aromatic rings. The smallest absolute Gasteiger partial charge is 0.339 e. The number of rotatable bonds is 7. The van der Waals surface area contributed by atoms with E-state index in [-0.39, 0.29) is 16.7 Å². The Morgan fingerprint density at radius 1 is 0.844 bits per heavy atom. The summed E-state index contributed by atoms with van der Waals surface area (Å²) in [4.78, 5) is 0.127. The molecular weight excluding hydrogens is 465 g/mol. The van der Waals surface area contributed by atoms with E-state index in [2.05, 4.69) is 5.32 Å². The molecule has 170 valence electrons. The highest BCUT2D eigenvalue weighted by atomic mass is 35.5. The maximum atomic E-state index is 13.0. The number of hydrogen-bond donors (Lipinski definition) is 1. The van der Waals surface area contributed by atoms with Crippen LogP contribution in [0.4, 0.5) is 11.4 Å². The number of hydrogen-bond acceptors (Lipinski definition) is 4. The van der Waals surface area contributed by atoms with Gasteiger partial charge in [-0.15, -0.1) is 0 Å². The van der Waals surface area contributed by atoms with Gasteiger partial charge in [-0.1, -0.05) is 68.6 Å². The largest absolute Gasteiger partial charge is 0.378 e. The van der Waals surface area contributed by atoms with Crippen LogP contribution in [0.25, 0.3) is 0 Å². The van der Waals surface area contributed by atoms with Crippen LogP contribution in [0, 0.1) is 6.92 Å². The lowest BCUT2D eigenvalue weighted by Gasteiger charge is -2.22. The quantitative estimate of drug-likeness (QED) is 0.339. The molecule has 1 N–H and O–H groups in total. The lowest BCUT2D eigenvalue weighted by atomic mass is 9.93. The lowest BCUT2D eigenvalue weighted by molar-refractivity contribution is 0.476. The summed E-state index contributed by atoms with van der Waals surface area (Å²) in [6.07, 6.45) is 0. The van der Waals surface area contributed by atoms with Gasteiger partial charge in [-0.2, -0.15) is 8.42 Å². The van der Waals surface area contributed by atoms with Gasteiger partial charge in [-0.05, 0) is 61.2 Å². The van der Waals surface area contributed by atoms with Crippen molar-refractivity contribution >= 4 is 44.7 Å². The molecule has 7 heteroatoms. The monoisotopic (exact) mass is 491 g/mol. The van der Waals surface area contributed by atoms with E-state index in [9.17, 15) is 8.42 Å². The average Bonchev–Trinajstić information content (AvgIpc) is 2.70. The molecule has 0 unspecified atom stereocenters. The van der Waals surface area contributed by atoms with Gasteiger partial charge in [0.1, 0.15) is 10.6 Å². The molecule has 0 spiro atoms. The molecule has 3 rings (SSSR count). The van der Waals surface area contributed by atoms with E-state index in [0.717, 1.165) is 22.4 Å². The number of aryl methyl sites for hydroxylation is 1. The van der Waals surface area contributed by atoms with Crippen molar-refractivity contribution in [3.8, 4) is 5.75 Å². The van der Waals surface area contributed by atoms with Crippen molar-refractivity contribution in [1.29, 1.82) is 0 Å². The van der Waals surface area contributed by atoms with Gasteiger partial charge in [0.25, 0.3) is 0 Å². The molecule has 0 aromatic heterocycles. The Kier molecular flexibility index (Phi) is 7.43. The summed E-state index contributed by atoms with van der Waals surface area (Å²) in [5, 5.41) is 4.37. The Hall–Kier alpha value is -2.21. The van der Waals surface area contributed by atoms with Crippen molar-refractivity contribution in [2.75, 3.05) is 5.32 Å². The second-order valence-electron chi connectivity index (χ2n) is 8.39. The molecule has 0 atom stereocenters. The minimum absolute atomic E-state index is 0.0261. The third kappa shape index (κ3) is 5.58. The zero-order valence-corrected chi connectivity index (χ0v) is 21.1. The molecule has 0 saturated heterocycles. The van der Waals surface area contributed by atoms with Crippen LogP contribution in [0.1, 0.15) is 56.2 Å². The summed E-state index contributed by atoms with van der Waals surface area (Å²) in [6.45, 7) is 9.92. The third-order valence-electron chi connectivity index (χ3n) is 5.10. The Bertz CT molecular complexity index is 1190. The van der Waals surface area contributed by atoms with Gasteiger partial charge in [-0.3, -0.25) is 0 Å². The number of benzene rings is 3. The number of nitrogens with one attached hydrogen (secondary N) is 1. The summed E-state index contributed by atoms with van der Waals surface area (Å²) >= 11 is 12.3. The molecule has 0 bridgehead atoms. The molecule has 0 amide bonds. The van der Waals surface area contributed by atoms with E-state index in [4.69, 9.17) is 27.4 Å². The summed E-state index contributed by atoms with van der Waals surface area (Å²) < 4.78 is 31.9. The maximum absolute atomic E-state index is 13.0. The topological polar surface area (TPSA) is 55.4 Å². The fraction of sp³-hybridized carbons (Fsp3) is 0.280. The van der Waals surface area contributed by atoms with Crippen LogP contribution in [0.5, 0.6) is 5.75 Å². The first kappa shape index (κ1) is 24.4. The zero-order chi connectivity index (χ0) is 23.6. The number of anilines is 2. The fourth-order valence-electron chi connectivity index (χ4n) is 3.31. The van der Waals surface area contributed by atoms with Crippen molar-refractivity contribution in [3.05, 3.63) is 81.3 Å². The van der Waals surface area contributed by atoms with Crippen molar-refractivity contribution < 1.29 is 12.6 Å². The predicted octanol–water partition coefficient (Wildman–Crippen LogP) is 8.06. The van der Waals surface area contributed by atoms with E-state index < -0.39 is 10.1 Å². The average molecular weight is 492 g/mol. The molecule has 0 aliphatic carbocycles. The molecule has 0 fully saturated rings. The zero-order valence-electron chi connectivity index (χ0n) is 18.7. The molecule has 0 radical (unpaired) electrons. The third-order valence-corrected chi connectivity index (χ3v) is 6.89. The first-order chi connectivity index (χ1) is 15.0. The Morgan fingerprint density at radius 3 is 1.91 bits per heavy atom. The second-order valence-corrected chi connectivity index (χ2v) is 10.8. The summed E-state index contributed by atoms with van der Waals surface area (Å²) in [5.74, 6) is 0.430. The van der Waals surface area contributed by atoms with Crippen LogP contribution < -0.4 is 9.50 Å². The van der Waals surface area contributed by atoms with Crippen LogP contribution in [0.2, 0.25) is 10.0 Å². The van der Waals surface area contributed by atoms with E-state index in [1.165, 1.54) is 0 Å². The highest BCUT2D eigenvalue weighted by molar-refractivity contribution is 7.87. The molecule has 0 saturated carbocycles. The molecule has 32 heavy (non-hydrogen) atoms. The lowest BCUT2D eigenvalue weighted by Crippen LogP contribution is -2.14. The molecule has 0 heterocycles. The Balaban J connectivity index is 2.08. The first-order valence-electron chi connectivity index (χ1n) is 10.4. The van der Waals surface area contributed by atoms with Crippen molar-refractivity contribution in [1.82, 2.24) is 0 Å². The second kappa shape index (κ2) is 9.74. The van der Waals surface area contributed by atoms with Gasteiger partial charge in [0.05, 0.1) is 10.7 Å². The first-order valence-corrected chi connectivity index (χ1v) is 12.6. The highest BCUT2D eigenvalue weighted by Crippen LogP contribution is 2.40. The fourth-order valence-corrected chi connectivity index (χ4v) is 4.74. The van der Waals surface area contributed by atoms with Crippen LogP contribution in [-0.4, -0.2) is 8.42 Å². The van der Waals surface area contributed by atoms with Gasteiger partial charge in [0.2, 0.25) is 0 Å². The van der Waals surface area contributed by atoms with E-state index in [1.807, 2.05) is 46.8 Å². The van der Waals surface area contributed by atoms with Gasteiger partial charge in [0.15, 0.2) is 0 Å². The highest BCUT2D eigenvalue weighted by Gasteiger charge is 2.24. The van der Waals surface area contributed by atoms with E-state index >= 15 is 0 Å². The van der Waals surface area contributed by atoms with E-state index in [1.54, 1.807) is 42.5 Å². The van der Waals surface area contributed by atoms with Crippen LogP contribution in [-0.2, 0) is 10.1 Å². The van der Waals surface area contributed by atoms with E-state index in [0.29, 0.717) is 21.5 Å². The SMILES string of the molecule is Cc1ccc(S(=O)(=O)Oc2c(C(C)C)cc(Nc3ccc(Cl)cc3Cl)cc2C(C)C)cc1. The van der Waals surface area contributed by atoms with Crippen molar-refractivity contribution in [2.45, 2.75) is 51.3 Å².